The van der Waals surface area contributed by atoms with Crippen molar-refractivity contribution in [3.05, 3.63) is 29.3 Å². The first kappa shape index (κ1) is 16.8. The van der Waals surface area contributed by atoms with Gasteiger partial charge in [-0.05, 0) is 26.7 Å². The first-order valence-corrected chi connectivity index (χ1v) is 8.53. The molecule has 0 aromatic carbocycles. The molecular formula is C17H25N5O2. The molecule has 3 rings (SSSR count). The van der Waals surface area contributed by atoms with Crippen molar-refractivity contribution in [2.24, 2.45) is 0 Å². The molecule has 0 saturated carbocycles. The predicted octanol–water partition coefficient (Wildman–Crippen LogP) is 2.64. The van der Waals surface area contributed by atoms with Gasteiger partial charge in [-0.2, -0.15) is 4.98 Å². The average Bonchev–Trinajstić information content (AvgIpc) is 3.02. The number of piperidine rings is 1. The largest absolute Gasteiger partial charge is 0.473 e. The summed E-state index contributed by atoms with van der Waals surface area (Å²) in [5.74, 6) is 2.42. The highest BCUT2D eigenvalue weighted by Crippen LogP contribution is 2.21. The minimum atomic E-state index is 0.185. The highest BCUT2D eigenvalue weighted by atomic mass is 16.5. The SMILES string of the molecule is Cc1cnc(C)c(OC2CCN(Cc3nc(C(C)C)no3)CC2)n1. The monoisotopic (exact) mass is 331 g/mol. The van der Waals surface area contributed by atoms with E-state index in [1.54, 1.807) is 6.20 Å². The van der Waals surface area contributed by atoms with E-state index < -0.39 is 0 Å². The lowest BCUT2D eigenvalue weighted by Gasteiger charge is -2.31. The number of ether oxygens (including phenoxy) is 1. The lowest BCUT2D eigenvalue weighted by molar-refractivity contribution is 0.0861. The fraction of sp³-hybridized carbons (Fsp3) is 0.647. The molecule has 24 heavy (non-hydrogen) atoms. The zero-order valence-corrected chi connectivity index (χ0v) is 14.8. The van der Waals surface area contributed by atoms with Crippen molar-refractivity contribution in [3.63, 3.8) is 0 Å². The molecule has 0 unspecified atom stereocenters. The second-order valence-corrected chi connectivity index (χ2v) is 6.70. The summed E-state index contributed by atoms with van der Waals surface area (Å²) in [6, 6.07) is 0. The van der Waals surface area contributed by atoms with Crippen LogP contribution in [-0.2, 0) is 6.54 Å². The Balaban J connectivity index is 1.51. The van der Waals surface area contributed by atoms with E-state index in [9.17, 15) is 0 Å². The normalized spacial score (nSPS) is 16.7. The van der Waals surface area contributed by atoms with E-state index in [1.807, 2.05) is 13.8 Å². The number of aromatic nitrogens is 4. The summed E-state index contributed by atoms with van der Waals surface area (Å²) >= 11 is 0. The van der Waals surface area contributed by atoms with Gasteiger partial charge in [0.2, 0.25) is 11.8 Å². The molecule has 7 heteroatoms. The van der Waals surface area contributed by atoms with Gasteiger partial charge in [0.1, 0.15) is 6.10 Å². The van der Waals surface area contributed by atoms with E-state index in [0.29, 0.717) is 24.2 Å². The van der Waals surface area contributed by atoms with Gasteiger partial charge in [-0.3, -0.25) is 9.88 Å². The van der Waals surface area contributed by atoms with Crippen LogP contribution in [0.1, 0.15) is 55.7 Å². The van der Waals surface area contributed by atoms with Crippen LogP contribution in [0.5, 0.6) is 5.88 Å². The molecular weight excluding hydrogens is 306 g/mol. The van der Waals surface area contributed by atoms with Gasteiger partial charge in [-0.15, -0.1) is 0 Å². The zero-order chi connectivity index (χ0) is 17.1. The maximum Gasteiger partial charge on any atom is 0.240 e. The Morgan fingerprint density at radius 2 is 2.00 bits per heavy atom. The molecule has 0 radical (unpaired) electrons. The molecule has 130 valence electrons. The molecule has 1 aliphatic heterocycles. The van der Waals surface area contributed by atoms with E-state index in [1.165, 1.54) is 0 Å². The van der Waals surface area contributed by atoms with Crippen LogP contribution in [0.15, 0.2) is 10.7 Å². The fourth-order valence-electron chi connectivity index (χ4n) is 2.73. The smallest absolute Gasteiger partial charge is 0.240 e. The van der Waals surface area contributed by atoms with E-state index >= 15 is 0 Å². The first-order valence-electron chi connectivity index (χ1n) is 8.53. The van der Waals surface area contributed by atoms with Gasteiger partial charge in [0.05, 0.1) is 17.9 Å². The first-order chi connectivity index (χ1) is 11.5. The van der Waals surface area contributed by atoms with Crippen molar-refractivity contribution < 1.29 is 9.26 Å². The number of nitrogens with zero attached hydrogens (tertiary/aromatic N) is 5. The summed E-state index contributed by atoms with van der Waals surface area (Å²) in [5, 5.41) is 4.02. The summed E-state index contributed by atoms with van der Waals surface area (Å²) in [4.78, 5) is 15.5. The quantitative estimate of drug-likeness (QED) is 0.833. The Labute approximate surface area is 142 Å². The minimum Gasteiger partial charge on any atom is -0.473 e. The third-order valence-electron chi connectivity index (χ3n) is 4.20. The number of aryl methyl sites for hydroxylation is 2. The molecule has 2 aromatic heterocycles. The number of hydrogen-bond donors (Lipinski definition) is 0. The van der Waals surface area contributed by atoms with Gasteiger partial charge < -0.3 is 9.26 Å². The molecule has 0 spiro atoms. The zero-order valence-electron chi connectivity index (χ0n) is 14.8. The number of rotatable bonds is 5. The Kier molecular flexibility index (Phi) is 5.08. The van der Waals surface area contributed by atoms with Crippen molar-refractivity contribution in [1.82, 2.24) is 25.0 Å². The summed E-state index contributed by atoms with van der Waals surface area (Å²) in [5.41, 5.74) is 1.72. The van der Waals surface area contributed by atoms with Crippen LogP contribution in [0.25, 0.3) is 0 Å². The van der Waals surface area contributed by atoms with Gasteiger partial charge in [0.25, 0.3) is 0 Å². The third kappa shape index (κ3) is 4.08. The van der Waals surface area contributed by atoms with Crippen molar-refractivity contribution in [2.75, 3.05) is 13.1 Å². The van der Waals surface area contributed by atoms with Gasteiger partial charge in [0.15, 0.2) is 5.82 Å². The lowest BCUT2D eigenvalue weighted by atomic mass is 10.1. The highest BCUT2D eigenvalue weighted by molar-refractivity contribution is 5.18. The van der Waals surface area contributed by atoms with Crippen molar-refractivity contribution in [2.45, 2.75) is 59.1 Å². The summed E-state index contributed by atoms with van der Waals surface area (Å²) in [7, 11) is 0. The van der Waals surface area contributed by atoms with E-state index in [0.717, 1.165) is 43.1 Å². The minimum absolute atomic E-state index is 0.185. The second kappa shape index (κ2) is 7.25. The molecule has 1 aliphatic rings. The molecule has 1 saturated heterocycles. The lowest BCUT2D eigenvalue weighted by Crippen LogP contribution is -2.38. The maximum absolute atomic E-state index is 6.05. The van der Waals surface area contributed by atoms with Gasteiger partial charge in [-0.25, -0.2) is 4.98 Å². The molecule has 0 N–H and O–H groups in total. The standard InChI is InChI=1S/C17H25N5O2/c1-11(2)16-20-15(24-21-16)10-22-7-5-14(6-8-22)23-17-13(4)18-9-12(3)19-17/h9,11,14H,5-8,10H2,1-4H3. The summed E-state index contributed by atoms with van der Waals surface area (Å²) in [6.07, 6.45) is 3.87. The predicted molar refractivity (Wildman–Crippen MR) is 88.8 cm³/mol. The molecule has 0 bridgehead atoms. The highest BCUT2D eigenvalue weighted by Gasteiger charge is 2.23. The van der Waals surface area contributed by atoms with Crippen molar-refractivity contribution in [3.8, 4) is 5.88 Å². The number of likely N-dealkylation sites (tertiary alicyclic amines) is 1. The van der Waals surface area contributed by atoms with Crippen LogP contribution in [0, 0.1) is 13.8 Å². The molecule has 3 heterocycles. The Bertz CT molecular complexity index is 677. The van der Waals surface area contributed by atoms with Gasteiger partial charge >= 0.3 is 0 Å². The van der Waals surface area contributed by atoms with E-state index in [4.69, 9.17) is 9.26 Å². The van der Waals surface area contributed by atoms with Crippen molar-refractivity contribution >= 4 is 0 Å². The molecule has 0 amide bonds. The van der Waals surface area contributed by atoms with Crippen LogP contribution in [0.3, 0.4) is 0 Å². The molecule has 0 aliphatic carbocycles. The molecule has 7 nitrogen and oxygen atoms in total. The third-order valence-corrected chi connectivity index (χ3v) is 4.20. The van der Waals surface area contributed by atoms with E-state index in [2.05, 4.69) is 38.9 Å². The van der Waals surface area contributed by atoms with Crippen LogP contribution < -0.4 is 4.74 Å². The maximum atomic E-state index is 6.05. The molecule has 1 fully saturated rings. The summed E-state index contributed by atoms with van der Waals surface area (Å²) < 4.78 is 11.4. The van der Waals surface area contributed by atoms with Crippen molar-refractivity contribution in [1.29, 1.82) is 0 Å². The van der Waals surface area contributed by atoms with Crippen LogP contribution in [0.4, 0.5) is 0 Å². The fourth-order valence-corrected chi connectivity index (χ4v) is 2.73. The van der Waals surface area contributed by atoms with E-state index in [-0.39, 0.29) is 6.10 Å². The average molecular weight is 331 g/mol. The Hall–Kier alpha value is -2.02. The second-order valence-electron chi connectivity index (χ2n) is 6.70. The molecule has 0 atom stereocenters. The molecule has 2 aromatic rings. The van der Waals surface area contributed by atoms with Gasteiger partial charge in [0, 0.05) is 25.2 Å². The van der Waals surface area contributed by atoms with Crippen LogP contribution in [0.2, 0.25) is 0 Å². The Morgan fingerprint density at radius 3 is 2.67 bits per heavy atom. The summed E-state index contributed by atoms with van der Waals surface area (Å²) in [6.45, 7) is 10.6. The van der Waals surface area contributed by atoms with Crippen LogP contribution in [-0.4, -0.2) is 44.2 Å². The van der Waals surface area contributed by atoms with Gasteiger partial charge in [-0.1, -0.05) is 19.0 Å². The topological polar surface area (TPSA) is 77.2 Å². The number of hydrogen-bond acceptors (Lipinski definition) is 7. The van der Waals surface area contributed by atoms with Crippen LogP contribution >= 0.6 is 0 Å². The Morgan fingerprint density at radius 1 is 1.25 bits per heavy atom.